The second-order valence-electron chi connectivity index (χ2n) is 7.38. The number of aliphatic imine (C=N–C) groups is 1. The molecule has 30 heavy (non-hydrogen) atoms. The molecule has 1 fully saturated rings. The van der Waals surface area contributed by atoms with Crippen molar-refractivity contribution in [2.45, 2.75) is 0 Å². The van der Waals surface area contributed by atoms with Gasteiger partial charge in [-0.15, -0.1) is 0 Å². The number of para-hydroxylation sites is 1. The van der Waals surface area contributed by atoms with Crippen LogP contribution in [-0.2, 0) is 4.84 Å². The second kappa shape index (κ2) is 8.22. The molecule has 0 saturated carbocycles. The van der Waals surface area contributed by atoms with Crippen LogP contribution in [0.25, 0.3) is 10.9 Å². The molecule has 0 bridgehead atoms. The summed E-state index contributed by atoms with van der Waals surface area (Å²) in [5, 5.41) is 19.4. The number of hydrogen-bond acceptors (Lipinski definition) is 6. The van der Waals surface area contributed by atoms with E-state index in [0.29, 0.717) is 23.6 Å². The highest BCUT2D eigenvalue weighted by atomic mass is 79.9. The fourth-order valence-electron chi connectivity index (χ4n) is 3.95. The molecule has 0 atom stereocenters. The average Bonchev–Trinajstić information content (AvgIpc) is 3.27. The van der Waals surface area contributed by atoms with Crippen molar-refractivity contribution in [1.29, 1.82) is 0 Å². The van der Waals surface area contributed by atoms with Crippen LogP contribution >= 0.6 is 15.9 Å². The quantitative estimate of drug-likeness (QED) is 0.396. The van der Waals surface area contributed by atoms with E-state index in [1.807, 2.05) is 42.5 Å². The van der Waals surface area contributed by atoms with Crippen molar-refractivity contribution in [2.24, 2.45) is 10.1 Å². The molecule has 3 aromatic rings. The first-order chi connectivity index (χ1) is 14.7. The largest absolute Gasteiger partial charge is 0.494 e. The molecule has 2 aromatic carbocycles. The first-order valence-electron chi connectivity index (χ1n) is 10.0. The third kappa shape index (κ3) is 3.62. The Kier molecular flexibility index (Phi) is 5.28. The van der Waals surface area contributed by atoms with E-state index in [1.165, 1.54) is 0 Å². The number of nitrogens with one attached hydrogen (secondary N) is 2. The van der Waals surface area contributed by atoms with Crippen LogP contribution in [0.15, 0.2) is 57.1 Å². The first kappa shape index (κ1) is 19.3. The summed E-state index contributed by atoms with van der Waals surface area (Å²) in [6, 6.07) is 13.7. The Morgan fingerprint density at radius 1 is 1.17 bits per heavy atom. The van der Waals surface area contributed by atoms with E-state index in [0.717, 1.165) is 59.4 Å². The number of aromatic nitrogens is 1. The van der Waals surface area contributed by atoms with Gasteiger partial charge in [-0.25, -0.2) is 4.99 Å². The predicted octanol–water partition coefficient (Wildman–Crippen LogP) is 3.40. The second-order valence-corrected chi connectivity index (χ2v) is 8.30. The minimum Gasteiger partial charge on any atom is -0.494 e. The number of halogens is 1. The van der Waals surface area contributed by atoms with Gasteiger partial charge in [0.2, 0.25) is 0 Å². The molecule has 0 radical (unpaired) electrons. The van der Waals surface area contributed by atoms with Crippen molar-refractivity contribution in [3.05, 3.63) is 58.1 Å². The van der Waals surface area contributed by atoms with Crippen LogP contribution in [0, 0.1) is 0 Å². The highest BCUT2D eigenvalue weighted by molar-refractivity contribution is 9.10. The molecule has 3 N–H and O–H groups in total. The fraction of sp³-hybridized carbons (Fsp3) is 0.273. The average molecular weight is 468 g/mol. The normalized spacial score (nSPS) is 18.0. The summed E-state index contributed by atoms with van der Waals surface area (Å²) in [6.07, 6.45) is 0. The predicted molar refractivity (Wildman–Crippen MR) is 122 cm³/mol. The number of nitrogens with zero attached hydrogens (tertiary/aromatic N) is 3. The topological polar surface area (TPSA) is 85.2 Å². The fourth-order valence-corrected chi connectivity index (χ4v) is 4.31. The highest BCUT2D eigenvalue weighted by Gasteiger charge is 2.29. The van der Waals surface area contributed by atoms with E-state index in [1.54, 1.807) is 0 Å². The summed E-state index contributed by atoms with van der Waals surface area (Å²) in [5.74, 6) is 0.0724. The van der Waals surface area contributed by atoms with Gasteiger partial charge in [-0.1, -0.05) is 45.4 Å². The van der Waals surface area contributed by atoms with Crippen molar-refractivity contribution in [3.63, 3.8) is 0 Å². The number of aromatic amines is 1. The first-order valence-corrected chi connectivity index (χ1v) is 10.8. The molecule has 7 nitrogen and oxygen atoms in total. The Bertz CT molecular complexity index is 1150. The molecule has 2 aliphatic rings. The van der Waals surface area contributed by atoms with Crippen molar-refractivity contribution >= 4 is 43.9 Å². The summed E-state index contributed by atoms with van der Waals surface area (Å²) in [6.45, 7) is 5.40. The maximum atomic E-state index is 10.7. The number of oxime groups is 1. The van der Waals surface area contributed by atoms with Gasteiger partial charge in [0, 0.05) is 48.1 Å². The third-order valence-electron chi connectivity index (χ3n) is 5.46. The van der Waals surface area contributed by atoms with Crippen molar-refractivity contribution in [1.82, 2.24) is 15.2 Å². The van der Waals surface area contributed by atoms with Gasteiger partial charge in [-0.2, -0.15) is 0 Å². The SMILES string of the molecule is Oc1[nH]c2cc(Br)ccc2c1C1=Nc2ccccc2/C1=N/OCCN1CCNCC1. The number of benzene rings is 2. The molecule has 0 unspecified atom stereocenters. The molecule has 3 heterocycles. The highest BCUT2D eigenvalue weighted by Crippen LogP contribution is 2.36. The van der Waals surface area contributed by atoms with Gasteiger partial charge in [0.1, 0.15) is 18.0 Å². The van der Waals surface area contributed by atoms with Crippen LogP contribution in [0.5, 0.6) is 5.88 Å². The van der Waals surface area contributed by atoms with Crippen LogP contribution < -0.4 is 5.32 Å². The van der Waals surface area contributed by atoms with E-state index < -0.39 is 0 Å². The van der Waals surface area contributed by atoms with Gasteiger partial charge in [-0.05, 0) is 18.2 Å². The number of fused-ring (bicyclic) bond motifs is 2. The van der Waals surface area contributed by atoms with Crippen LogP contribution in [0.4, 0.5) is 5.69 Å². The third-order valence-corrected chi connectivity index (χ3v) is 5.95. The molecule has 1 saturated heterocycles. The smallest absolute Gasteiger partial charge is 0.199 e. The maximum Gasteiger partial charge on any atom is 0.199 e. The Morgan fingerprint density at radius 2 is 2.00 bits per heavy atom. The zero-order valence-corrected chi connectivity index (χ0v) is 17.9. The summed E-state index contributed by atoms with van der Waals surface area (Å²) < 4.78 is 0.935. The minimum atomic E-state index is 0.0724. The molecule has 1 aromatic heterocycles. The van der Waals surface area contributed by atoms with Crippen molar-refractivity contribution < 1.29 is 9.94 Å². The molecular weight excluding hydrogens is 446 g/mol. The van der Waals surface area contributed by atoms with Crippen LogP contribution in [0.1, 0.15) is 11.1 Å². The van der Waals surface area contributed by atoms with Gasteiger partial charge in [0.15, 0.2) is 5.88 Å². The Labute approximate surface area is 182 Å². The Morgan fingerprint density at radius 3 is 2.87 bits per heavy atom. The van der Waals surface area contributed by atoms with E-state index in [2.05, 4.69) is 36.3 Å². The minimum absolute atomic E-state index is 0.0724. The van der Waals surface area contributed by atoms with Gasteiger partial charge >= 0.3 is 0 Å². The lowest BCUT2D eigenvalue weighted by Gasteiger charge is -2.26. The van der Waals surface area contributed by atoms with E-state index in [4.69, 9.17) is 9.83 Å². The number of hydrogen-bond donors (Lipinski definition) is 3. The Hall–Kier alpha value is -2.68. The Balaban J connectivity index is 1.46. The monoisotopic (exact) mass is 467 g/mol. The number of aromatic hydroxyl groups is 1. The lowest BCUT2D eigenvalue weighted by Crippen LogP contribution is -2.44. The van der Waals surface area contributed by atoms with Crippen LogP contribution in [-0.4, -0.2) is 65.7 Å². The molecular formula is C22H22BrN5O2. The molecule has 0 aliphatic carbocycles. The number of piperazine rings is 1. The van der Waals surface area contributed by atoms with Crippen LogP contribution in [0.2, 0.25) is 0 Å². The maximum absolute atomic E-state index is 10.7. The van der Waals surface area contributed by atoms with Crippen molar-refractivity contribution in [3.8, 4) is 5.88 Å². The zero-order chi connectivity index (χ0) is 20.5. The lowest BCUT2D eigenvalue weighted by atomic mass is 10.0. The van der Waals surface area contributed by atoms with Crippen molar-refractivity contribution in [2.75, 3.05) is 39.3 Å². The molecule has 2 aliphatic heterocycles. The summed E-state index contributed by atoms with van der Waals surface area (Å²) in [4.78, 5) is 15.9. The van der Waals surface area contributed by atoms with Gasteiger partial charge in [0.25, 0.3) is 0 Å². The van der Waals surface area contributed by atoms with E-state index in [9.17, 15) is 5.11 Å². The van der Waals surface area contributed by atoms with E-state index >= 15 is 0 Å². The molecule has 5 rings (SSSR count). The van der Waals surface area contributed by atoms with Gasteiger partial charge in [0.05, 0.1) is 16.8 Å². The standard InChI is InChI=1S/C22H22BrN5O2/c23-14-5-6-15-18(13-14)26-22(29)19(15)21-20(16-3-1-2-4-17(16)25-21)27-30-12-11-28-9-7-24-8-10-28/h1-6,13,24,26,29H,7-12H2/b27-20-. The summed E-state index contributed by atoms with van der Waals surface area (Å²) in [7, 11) is 0. The molecule has 0 amide bonds. The summed E-state index contributed by atoms with van der Waals surface area (Å²) >= 11 is 3.48. The molecule has 0 spiro atoms. The lowest BCUT2D eigenvalue weighted by molar-refractivity contribution is 0.106. The molecule has 154 valence electrons. The van der Waals surface area contributed by atoms with Crippen LogP contribution in [0.3, 0.4) is 0 Å². The van der Waals surface area contributed by atoms with Gasteiger partial charge < -0.3 is 20.2 Å². The summed E-state index contributed by atoms with van der Waals surface area (Å²) in [5.41, 5.74) is 4.45. The van der Waals surface area contributed by atoms with Gasteiger partial charge in [-0.3, -0.25) is 4.90 Å². The number of rotatable bonds is 5. The van der Waals surface area contributed by atoms with E-state index in [-0.39, 0.29) is 5.88 Å². The zero-order valence-electron chi connectivity index (χ0n) is 16.4. The number of H-pyrrole nitrogens is 1. The molecule has 8 heteroatoms.